The average Bonchev–Trinajstić information content (AvgIpc) is 2.47. The van der Waals surface area contributed by atoms with Gasteiger partial charge in [-0.25, -0.2) is 0 Å². The molecule has 0 saturated heterocycles. The normalized spacial score (nSPS) is 10.2. The van der Waals surface area contributed by atoms with Crippen molar-refractivity contribution in [1.82, 2.24) is 4.98 Å². The number of nitrogens with two attached hydrogens (primary N) is 1. The van der Waals surface area contributed by atoms with Crippen molar-refractivity contribution in [2.45, 2.75) is 6.92 Å². The van der Waals surface area contributed by atoms with E-state index < -0.39 is 0 Å². The number of nitrogens with zero attached hydrogens (tertiary/aromatic N) is 1. The zero-order valence-electron chi connectivity index (χ0n) is 7.26. The minimum absolute atomic E-state index is 0.644. The van der Waals surface area contributed by atoms with E-state index in [-0.39, 0.29) is 0 Å². The van der Waals surface area contributed by atoms with Gasteiger partial charge in [0.1, 0.15) is 6.07 Å². The summed E-state index contributed by atoms with van der Waals surface area (Å²) in [4.78, 5) is 2.99. The molecule has 0 saturated carbocycles. The smallest absolute Gasteiger partial charge is 0.101 e. The summed E-state index contributed by atoms with van der Waals surface area (Å²) in [6.45, 7) is 1.96. The molecule has 0 unspecified atom stereocenters. The molecule has 64 valence electrons. The summed E-state index contributed by atoms with van der Waals surface area (Å²) in [6, 6.07) is 5.97. The zero-order valence-corrected chi connectivity index (χ0v) is 7.26. The van der Waals surface area contributed by atoms with Gasteiger partial charge in [0.15, 0.2) is 0 Å². The molecular weight excluding hydrogens is 162 g/mol. The van der Waals surface area contributed by atoms with Crippen LogP contribution in [0.1, 0.15) is 11.1 Å². The van der Waals surface area contributed by atoms with Gasteiger partial charge >= 0.3 is 0 Å². The van der Waals surface area contributed by atoms with Crippen LogP contribution in [0.3, 0.4) is 0 Å². The minimum Gasteiger partial charge on any atom is -0.397 e. The van der Waals surface area contributed by atoms with Gasteiger partial charge in [0.05, 0.1) is 16.8 Å². The Balaban J connectivity index is 2.92. The van der Waals surface area contributed by atoms with E-state index in [2.05, 4.69) is 11.1 Å². The van der Waals surface area contributed by atoms with Crippen molar-refractivity contribution < 1.29 is 0 Å². The number of nitrogen functional groups attached to an aromatic ring is 1. The molecule has 0 radical (unpaired) electrons. The van der Waals surface area contributed by atoms with E-state index >= 15 is 0 Å². The van der Waals surface area contributed by atoms with Crippen LogP contribution in [0.2, 0.25) is 0 Å². The first-order chi connectivity index (χ1) is 6.22. The molecule has 0 fully saturated rings. The van der Waals surface area contributed by atoms with Gasteiger partial charge < -0.3 is 10.7 Å². The summed E-state index contributed by atoms with van der Waals surface area (Å²) in [5.41, 5.74) is 9.04. The Bertz CT molecular complexity index is 503. The van der Waals surface area contributed by atoms with E-state index in [1.54, 1.807) is 6.20 Å². The van der Waals surface area contributed by atoms with Gasteiger partial charge in [-0.1, -0.05) is 0 Å². The van der Waals surface area contributed by atoms with E-state index in [0.717, 1.165) is 16.5 Å². The number of rotatable bonds is 0. The number of aromatic amines is 1. The van der Waals surface area contributed by atoms with Crippen LogP contribution in [-0.4, -0.2) is 4.98 Å². The number of benzene rings is 1. The maximum absolute atomic E-state index is 8.80. The van der Waals surface area contributed by atoms with Crippen molar-refractivity contribution in [3.8, 4) is 6.07 Å². The van der Waals surface area contributed by atoms with Gasteiger partial charge in [0.25, 0.3) is 0 Å². The lowest BCUT2D eigenvalue weighted by Crippen LogP contribution is -1.87. The van der Waals surface area contributed by atoms with Crippen LogP contribution in [0, 0.1) is 18.3 Å². The molecule has 0 spiro atoms. The fourth-order valence-corrected chi connectivity index (χ4v) is 1.50. The third kappa shape index (κ3) is 1.04. The maximum Gasteiger partial charge on any atom is 0.101 e. The first-order valence-corrected chi connectivity index (χ1v) is 3.99. The Morgan fingerprint density at radius 2 is 2.23 bits per heavy atom. The first-order valence-electron chi connectivity index (χ1n) is 3.99. The van der Waals surface area contributed by atoms with Crippen molar-refractivity contribution >= 4 is 16.6 Å². The second kappa shape index (κ2) is 2.53. The first kappa shape index (κ1) is 7.69. The van der Waals surface area contributed by atoms with E-state index in [9.17, 15) is 0 Å². The Morgan fingerprint density at radius 3 is 2.92 bits per heavy atom. The number of anilines is 1. The summed E-state index contributed by atoms with van der Waals surface area (Å²) in [7, 11) is 0. The molecule has 0 bridgehead atoms. The molecule has 3 heteroatoms. The van der Waals surface area contributed by atoms with Crippen LogP contribution >= 0.6 is 0 Å². The van der Waals surface area contributed by atoms with Crippen LogP contribution in [0.5, 0.6) is 0 Å². The second-order valence-electron chi connectivity index (χ2n) is 3.09. The van der Waals surface area contributed by atoms with E-state index in [1.165, 1.54) is 0 Å². The summed E-state index contributed by atoms with van der Waals surface area (Å²) < 4.78 is 0. The Labute approximate surface area is 75.8 Å². The minimum atomic E-state index is 0.644. The van der Waals surface area contributed by atoms with Crippen LogP contribution in [0.15, 0.2) is 18.3 Å². The van der Waals surface area contributed by atoms with E-state index in [0.29, 0.717) is 11.3 Å². The molecule has 3 N–H and O–H groups in total. The van der Waals surface area contributed by atoms with Crippen LogP contribution in [-0.2, 0) is 0 Å². The fourth-order valence-electron chi connectivity index (χ4n) is 1.50. The quantitative estimate of drug-likeness (QED) is 0.595. The highest BCUT2D eigenvalue weighted by molar-refractivity contribution is 5.94. The third-order valence-corrected chi connectivity index (χ3v) is 2.08. The van der Waals surface area contributed by atoms with Crippen molar-refractivity contribution in [2.75, 3.05) is 5.73 Å². The number of H-pyrrole nitrogens is 1. The number of aryl methyl sites for hydroxylation is 1. The second-order valence-corrected chi connectivity index (χ2v) is 3.09. The molecule has 2 aromatic rings. The van der Waals surface area contributed by atoms with Gasteiger partial charge in [-0.15, -0.1) is 0 Å². The lowest BCUT2D eigenvalue weighted by molar-refractivity contribution is 1.44. The number of hydrogen-bond acceptors (Lipinski definition) is 2. The average molecular weight is 171 g/mol. The monoisotopic (exact) mass is 171 g/mol. The van der Waals surface area contributed by atoms with Crippen LogP contribution < -0.4 is 5.73 Å². The van der Waals surface area contributed by atoms with Gasteiger partial charge in [0, 0.05) is 11.6 Å². The molecule has 13 heavy (non-hydrogen) atoms. The molecule has 0 atom stereocenters. The number of nitriles is 1. The topological polar surface area (TPSA) is 65.6 Å². The molecule has 0 amide bonds. The number of fused-ring (bicyclic) bond motifs is 1. The van der Waals surface area contributed by atoms with Crippen molar-refractivity contribution in [3.05, 3.63) is 29.5 Å². The van der Waals surface area contributed by atoms with Gasteiger partial charge in [-0.3, -0.25) is 0 Å². The molecule has 3 nitrogen and oxygen atoms in total. The Kier molecular flexibility index (Phi) is 1.49. The van der Waals surface area contributed by atoms with Crippen molar-refractivity contribution in [2.24, 2.45) is 0 Å². The number of hydrogen-bond donors (Lipinski definition) is 2. The predicted molar refractivity (Wildman–Crippen MR) is 52.2 cm³/mol. The maximum atomic E-state index is 8.80. The summed E-state index contributed by atoms with van der Waals surface area (Å²) in [5.74, 6) is 0. The highest BCUT2D eigenvalue weighted by atomic mass is 14.7. The fraction of sp³-hybridized carbons (Fsp3) is 0.100. The van der Waals surface area contributed by atoms with Gasteiger partial charge in [0.2, 0.25) is 0 Å². The molecule has 0 aliphatic carbocycles. The largest absolute Gasteiger partial charge is 0.397 e. The highest BCUT2D eigenvalue weighted by Crippen LogP contribution is 2.24. The van der Waals surface area contributed by atoms with Gasteiger partial charge in [-0.05, 0) is 24.6 Å². The van der Waals surface area contributed by atoms with E-state index in [1.807, 2.05) is 19.1 Å². The molecular formula is C10H9N3. The molecule has 1 aromatic carbocycles. The number of nitrogens with one attached hydrogen (secondary N) is 1. The summed E-state index contributed by atoms with van der Waals surface area (Å²) >= 11 is 0. The predicted octanol–water partition coefficient (Wildman–Crippen LogP) is 1.93. The van der Waals surface area contributed by atoms with Crippen LogP contribution in [0.25, 0.3) is 10.9 Å². The summed E-state index contributed by atoms with van der Waals surface area (Å²) in [6.07, 6.45) is 1.68. The lowest BCUT2D eigenvalue weighted by Gasteiger charge is -1.98. The zero-order chi connectivity index (χ0) is 9.42. The molecule has 0 aliphatic heterocycles. The van der Waals surface area contributed by atoms with Crippen molar-refractivity contribution in [1.29, 1.82) is 5.26 Å². The Hall–Kier alpha value is -1.95. The summed E-state index contributed by atoms with van der Waals surface area (Å²) in [5, 5.41) is 9.70. The van der Waals surface area contributed by atoms with Gasteiger partial charge in [-0.2, -0.15) is 5.26 Å². The lowest BCUT2D eigenvalue weighted by atomic mass is 10.1. The van der Waals surface area contributed by atoms with E-state index in [4.69, 9.17) is 11.0 Å². The molecule has 2 rings (SSSR count). The van der Waals surface area contributed by atoms with Crippen molar-refractivity contribution in [3.63, 3.8) is 0 Å². The van der Waals surface area contributed by atoms with Crippen LogP contribution in [0.4, 0.5) is 5.69 Å². The standard InChI is InChI=1S/C10H9N3/c1-6-2-8-7(4-11)5-13-10(8)9(12)3-6/h2-3,5,13H,12H2,1H3. The third-order valence-electron chi connectivity index (χ3n) is 2.08. The SMILES string of the molecule is Cc1cc(N)c2[nH]cc(C#N)c2c1. The Morgan fingerprint density at radius 1 is 1.46 bits per heavy atom. The highest BCUT2D eigenvalue weighted by Gasteiger charge is 2.05. The number of aromatic nitrogens is 1. The molecule has 0 aliphatic rings. The molecule has 1 aromatic heterocycles. The molecule has 1 heterocycles.